The summed E-state index contributed by atoms with van der Waals surface area (Å²) in [5.41, 5.74) is 7.29. The lowest BCUT2D eigenvalue weighted by atomic mass is 9.85. The van der Waals surface area contributed by atoms with Crippen LogP contribution in [0.3, 0.4) is 0 Å². The molecule has 0 fully saturated rings. The lowest BCUT2D eigenvalue weighted by Crippen LogP contribution is -2.54. The van der Waals surface area contributed by atoms with E-state index in [9.17, 15) is 14.7 Å². The Morgan fingerprint density at radius 3 is 2.52 bits per heavy atom. The minimum Gasteiger partial charge on any atom is -0.479 e. The molecule has 2 unspecified atom stereocenters. The number of nitrogens with zero attached hydrogens (tertiary/aromatic N) is 1. The van der Waals surface area contributed by atoms with Gasteiger partial charge in [0.1, 0.15) is 0 Å². The highest BCUT2D eigenvalue weighted by atomic mass is 16.4. The van der Waals surface area contributed by atoms with Crippen LogP contribution in [0.25, 0.3) is 0 Å². The molecular formula is C16H22N2O3. The number of hydrogen-bond acceptors (Lipinski definition) is 3. The number of rotatable bonds is 2. The van der Waals surface area contributed by atoms with Crippen molar-refractivity contribution >= 4 is 11.9 Å². The van der Waals surface area contributed by atoms with Gasteiger partial charge >= 0.3 is 5.97 Å². The summed E-state index contributed by atoms with van der Waals surface area (Å²) in [4.78, 5) is 25.7. The second-order valence-electron chi connectivity index (χ2n) is 6.56. The summed E-state index contributed by atoms with van der Waals surface area (Å²) >= 11 is 0. The molecule has 0 saturated heterocycles. The van der Waals surface area contributed by atoms with Gasteiger partial charge in [0.15, 0.2) is 6.04 Å². The van der Waals surface area contributed by atoms with E-state index in [1.54, 1.807) is 12.1 Å². The molecule has 3 N–H and O–H groups in total. The molecule has 2 rings (SSSR count). The number of benzene rings is 1. The number of carboxylic acid groups (broad SMARTS) is 1. The summed E-state index contributed by atoms with van der Waals surface area (Å²) in [6.07, 6.45) is 0.655. The first-order valence-corrected chi connectivity index (χ1v) is 7.10. The summed E-state index contributed by atoms with van der Waals surface area (Å²) in [7, 11) is 0. The van der Waals surface area contributed by atoms with Crippen LogP contribution in [0.4, 0.5) is 0 Å². The minimum absolute atomic E-state index is 0.301. The third-order valence-corrected chi connectivity index (χ3v) is 4.00. The van der Waals surface area contributed by atoms with Gasteiger partial charge in [-0.25, -0.2) is 4.79 Å². The van der Waals surface area contributed by atoms with Gasteiger partial charge in [0.05, 0.1) is 6.04 Å². The lowest BCUT2D eigenvalue weighted by molar-refractivity contribution is -0.152. The molecule has 1 aliphatic heterocycles. The topological polar surface area (TPSA) is 83.6 Å². The van der Waals surface area contributed by atoms with Gasteiger partial charge in [0, 0.05) is 6.54 Å². The predicted molar refractivity (Wildman–Crippen MR) is 79.7 cm³/mol. The SMILES string of the molecule is CC(C)(C)C(N)C(=O)N1CCc2ccccc2C1C(=O)O. The van der Waals surface area contributed by atoms with Crippen LogP contribution in [0.15, 0.2) is 24.3 Å². The van der Waals surface area contributed by atoms with Gasteiger partial charge in [0.2, 0.25) is 5.91 Å². The highest BCUT2D eigenvalue weighted by Crippen LogP contribution is 2.32. The van der Waals surface area contributed by atoms with Crippen molar-refractivity contribution in [1.82, 2.24) is 4.90 Å². The summed E-state index contributed by atoms with van der Waals surface area (Å²) in [5.74, 6) is -1.32. The largest absolute Gasteiger partial charge is 0.479 e. The smallest absolute Gasteiger partial charge is 0.331 e. The van der Waals surface area contributed by atoms with Crippen molar-refractivity contribution in [2.24, 2.45) is 11.1 Å². The molecule has 0 aromatic heterocycles. The zero-order chi connectivity index (χ0) is 15.8. The van der Waals surface area contributed by atoms with E-state index in [1.165, 1.54) is 4.90 Å². The standard InChI is InChI=1S/C16H22N2O3/c1-16(2,3)13(17)14(19)18-9-8-10-6-4-5-7-11(10)12(18)15(20)21/h4-7,12-13H,8-9,17H2,1-3H3,(H,20,21). The molecule has 2 atom stereocenters. The van der Waals surface area contributed by atoms with Gasteiger partial charge in [-0.1, -0.05) is 45.0 Å². The third-order valence-electron chi connectivity index (χ3n) is 4.00. The van der Waals surface area contributed by atoms with Crippen LogP contribution in [0, 0.1) is 5.41 Å². The minimum atomic E-state index is -1.02. The van der Waals surface area contributed by atoms with Crippen LogP contribution in [-0.2, 0) is 16.0 Å². The van der Waals surface area contributed by atoms with E-state index in [-0.39, 0.29) is 5.91 Å². The Morgan fingerprint density at radius 2 is 1.95 bits per heavy atom. The normalized spacial score (nSPS) is 19.8. The third kappa shape index (κ3) is 2.93. The van der Waals surface area contributed by atoms with Crippen molar-refractivity contribution in [2.75, 3.05) is 6.54 Å². The molecule has 1 heterocycles. The van der Waals surface area contributed by atoms with E-state index in [0.29, 0.717) is 18.5 Å². The Labute approximate surface area is 124 Å². The van der Waals surface area contributed by atoms with Gasteiger partial charge in [-0.05, 0) is 23.0 Å². The predicted octanol–water partition coefficient (Wildman–Crippen LogP) is 1.57. The number of nitrogens with two attached hydrogens (primary N) is 1. The van der Waals surface area contributed by atoms with Crippen LogP contribution in [-0.4, -0.2) is 34.5 Å². The van der Waals surface area contributed by atoms with E-state index in [2.05, 4.69) is 0 Å². The molecule has 1 aliphatic rings. The summed E-state index contributed by atoms with van der Waals surface area (Å²) in [6, 6.07) is 5.70. The van der Waals surface area contributed by atoms with Crippen LogP contribution in [0.2, 0.25) is 0 Å². The highest BCUT2D eigenvalue weighted by molar-refractivity contribution is 5.88. The second kappa shape index (κ2) is 5.48. The maximum absolute atomic E-state index is 12.6. The van der Waals surface area contributed by atoms with Crippen molar-refractivity contribution < 1.29 is 14.7 Å². The average molecular weight is 290 g/mol. The van der Waals surface area contributed by atoms with Gasteiger partial charge < -0.3 is 15.7 Å². The van der Waals surface area contributed by atoms with Crippen molar-refractivity contribution in [3.8, 4) is 0 Å². The Hall–Kier alpha value is -1.88. The Morgan fingerprint density at radius 1 is 1.33 bits per heavy atom. The van der Waals surface area contributed by atoms with E-state index >= 15 is 0 Å². The van der Waals surface area contributed by atoms with Crippen molar-refractivity contribution in [3.05, 3.63) is 35.4 Å². The van der Waals surface area contributed by atoms with Crippen LogP contribution in [0.5, 0.6) is 0 Å². The quantitative estimate of drug-likeness (QED) is 0.866. The molecule has 0 saturated carbocycles. The number of fused-ring (bicyclic) bond motifs is 1. The van der Waals surface area contributed by atoms with Crippen molar-refractivity contribution in [2.45, 2.75) is 39.3 Å². The molecule has 114 valence electrons. The first kappa shape index (κ1) is 15.5. The first-order valence-electron chi connectivity index (χ1n) is 7.10. The fraction of sp³-hybridized carbons (Fsp3) is 0.500. The molecule has 21 heavy (non-hydrogen) atoms. The molecule has 0 aliphatic carbocycles. The first-order chi connectivity index (χ1) is 9.73. The molecule has 5 nitrogen and oxygen atoms in total. The number of carbonyl (C=O) groups is 2. The van der Waals surface area contributed by atoms with Gasteiger partial charge in [-0.15, -0.1) is 0 Å². The fourth-order valence-electron chi connectivity index (χ4n) is 2.62. The van der Waals surface area contributed by atoms with Crippen LogP contribution in [0.1, 0.15) is 37.9 Å². The summed E-state index contributed by atoms with van der Waals surface area (Å²) in [6.45, 7) is 6.02. The molecule has 1 aromatic carbocycles. The molecule has 5 heteroatoms. The highest BCUT2D eigenvalue weighted by Gasteiger charge is 2.40. The van der Waals surface area contributed by atoms with Gasteiger partial charge in [-0.3, -0.25) is 4.79 Å². The second-order valence-corrected chi connectivity index (χ2v) is 6.56. The van der Waals surface area contributed by atoms with Crippen molar-refractivity contribution in [1.29, 1.82) is 0 Å². The number of carbonyl (C=O) groups excluding carboxylic acids is 1. The zero-order valence-electron chi connectivity index (χ0n) is 12.7. The van der Waals surface area contributed by atoms with E-state index in [0.717, 1.165) is 5.56 Å². The number of amides is 1. The molecule has 0 bridgehead atoms. The summed E-state index contributed by atoms with van der Waals surface area (Å²) < 4.78 is 0. The molecule has 0 radical (unpaired) electrons. The number of carboxylic acids is 1. The van der Waals surface area contributed by atoms with E-state index in [1.807, 2.05) is 32.9 Å². The van der Waals surface area contributed by atoms with Gasteiger partial charge in [-0.2, -0.15) is 0 Å². The zero-order valence-corrected chi connectivity index (χ0v) is 12.7. The van der Waals surface area contributed by atoms with Gasteiger partial charge in [0.25, 0.3) is 0 Å². The maximum atomic E-state index is 12.6. The molecule has 1 amide bonds. The fourth-order valence-corrected chi connectivity index (χ4v) is 2.62. The molecular weight excluding hydrogens is 268 g/mol. The Bertz CT molecular complexity index is 563. The molecule has 1 aromatic rings. The van der Waals surface area contributed by atoms with E-state index < -0.39 is 23.5 Å². The monoisotopic (exact) mass is 290 g/mol. The van der Waals surface area contributed by atoms with E-state index in [4.69, 9.17) is 5.73 Å². The summed E-state index contributed by atoms with van der Waals surface area (Å²) in [5, 5.41) is 9.55. The maximum Gasteiger partial charge on any atom is 0.331 e. The van der Waals surface area contributed by atoms with Crippen LogP contribution < -0.4 is 5.73 Å². The van der Waals surface area contributed by atoms with Crippen LogP contribution >= 0.6 is 0 Å². The number of aliphatic carboxylic acids is 1. The Balaban J connectivity index is 2.37. The van der Waals surface area contributed by atoms with Crippen molar-refractivity contribution in [3.63, 3.8) is 0 Å². The molecule has 0 spiro atoms. The average Bonchev–Trinajstić information content (AvgIpc) is 2.43. The lowest BCUT2D eigenvalue weighted by Gasteiger charge is -2.38. The number of hydrogen-bond donors (Lipinski definition) is 2. The Kier molecular flexibility index (Phi) is 4.05.